The molecule has 21 heavy (non-hydrogen) atoms. The highest BCUT2D eigenvalue weighted by molar-refractivity contribution is 7.13. The summed E-state index contributed by atoms with van der Waals surface area (Å²) in [5.41, 5.74) is 5.68. The maximum Gasteiger partial charge on any atom is 0.344 e. The number of nitrogens with zero attached hydrogens (tertiary/aromatic N) is 2. The van der Waals surface area contributed by atoms with Crippen molar-refractivity contribution < 1.29 is 19.5 Å². The summed E-state index contributed by atoms with van der Waals surface area (Å²) >= 11 is 1.15. The number of carbonyl (C=O) groups is 2. The Morgan fingerprint density at radius 1 is 1.52 bits per heavy atom. The fourth-order valence-corrected chi connectivity index (χ4v) is 1.74. The Hall–Kier alpha value is -2.16. The largest absolute Gasteiger partial charge is 0.479 e. The Morgan fingerprint density at radius 2 is 2.19 bits per heavy atom. The molecule has 1 aromatic heterocycles. The first-order valence-electron chi connectivity index (χ1n) is 6.25. The molecule has 0 bridgehead atoms. The molecule has 1 heterocycles. The fourth-order valence-electron chi connectivity index (χ4n) is 1.19. The molecule has 0 saturated heterocycles. The minimum atomic E-state index is -1.19. The van der Waals surface area contributed by atoms with Gasteiger partial charge < -0.3 is 21.0 Å². The third-order valence-corrected chi connectivity index (χ3v) is 3.36. The lowest BCUT2D eigenvalue weighted by atomic mass is 10.1. The van der Waals surface area contributed by atoms with Crippen LogP contribution in [-0.4, -0.2) is 40.3 Å². The first kappa shape index (κ1) is 16.9. The van der Waals surface area contributed by atoms with Gasteiger partial charge in [0.25, 0.3) is 5.91 Å². The number of thiazole rings is 1. The summed E-state index contributed by atoms with van der Waals surface area (Å²) in [5.74, 6) is -1.45. The number of rotatable bonds is 7. The summed E-state index contributed by atoms with van der Waals surface area (Å²) in [6.07, 6.45) is 0. The highest BCUT2D eigenvalue weighted by Crippen LogP contribution is 2.13. The molecular formula is C12H18N4O4S. The van der Waals surface area contributed by atoms with Gasteiger partial charge in [-0.1, -0.05) is 19.0 Å². The molecule has 0 radical (unpaired) electrons. The molecule has 8 nitrogen and oxygen atoms in total. The second-order valence-corrected chi connectivity index (χ2v) is 5.57. The summed E-state index contributed by atoms with van der Waals surface area (Å²) < 4.78 is 0. The number of hydrogen-bond acceptors (Lipinski definition) is 7. The number of nitrogen functional groups attached to an aromatic ring is 1. The van der Waals surface area contributed by atoms with E-state index in [0.717, 1.165) is 11.3 Å². The number of carboxylic acids is 1. The highest BCUT2D eigenvalue weighted by atomic mass is 32.1. The molecule has 0 spiro atoms. The average Bonchev–Trinajstić information content (AvgIpc) is 2.80. The van der Waals surface area contributed by atoms with Gasteiger partial charge in [-0.2, -0.15) is 0 Å². The van der Waals surface area contributed by atoms with Crippen LogP contribution in [0.5, 0.6) is 0 Å². The summed E-state index contributed by atoms with van der Waals surface area (Å²) in [4.78, 5) is 31.2. The van der Waals surface area contributed by atoms with Crippen LogP contribution in [0, 0.1) is 5.92 Å². The molecule has 0 aliphatic carbocycles. The topological polar surface area (TPSA) is 127 Å². The van der Waals surface area contributed by atoms with E-state index in [4.69, 9.17) is 10.8 Å². The van der Waals surface area contributed by atoms with E-state index in [9.17, 15) is 9.59 Å². The summed E-state index contributed by atoms with van der Waals surface area (Å²) in [6.45, 7) is 5.14. The number of nitrogens with two attached hydrogens (primary N) is 1. The van der Waals surface area contributed by atoms with Crippen molar-refractivity contribution in [1.29, 1.82) is 0 Å². The molecule has 1 rings (SSSR count). The SMILES string of the molecule is CC(C)C(C)NC(=O)/C(=N/OCC(=O)O)c1csc(N)n1. The van der Waals surface area contributed by atoms with Crippen LogP contribution in [0.1, 0.15) is 26.5 Å². The smallest absolute Gasteiger partial charge is 0.344 e. The molecule has 116 valence electrons. The van der Waals surface area contributed by atoms with Gasteiger partial charge in [-0.3, -0.25) is 4.79 Å². The third kappa shape index (κ3) is 5.38. The summed E-state index contributed by atoms with van der Waals surface area (Å²) in [6, 6.07) is -0.0850. The van der Waals surface area contributed by atoms with Crippen LogP contribution in [0.25, 0.3) is 0 Å². The van der Waals surface area contributed by atoms with E-state index in [1.165, 1.54) is 0 Å². The second kappa shape index (κ2) is 7.58. The van der Waals surface area contributed by atoms with Gasteiger partial charge in [0.15, 0.2) is 10.8 Å². The van der Waals surface area contributed by atoms with Gasteiger partial charge in [-0.25, -0.2) is 9.78 Å². The first-order valence-corrected chi connectivity index (χ1v) is 7.13. The minimum absolute atomic E-state index is 0.0850. The van der Waals surface area contributed by atoms with Crippen molar-refractivity contribution in [2.24, 2.45) is 11.1 Å². The molecule has 4 N–H and O–H groups in total. The van der Waals surface area contributed by atoms with Crippen LogP contribution in [-0.2, 0) is 14.4 Å². The van der Waals surface area contributed by atoms with E-state index in [0.29, 0.717) is 0 Å². The van der Waals surface area contributed by atoms with Gasteiger partial charge >= 0.3 is 5.97 Å². The molecular weight excluding hydrogens is 296 g/mol. The van der Waals surface area contributed by atoms with Crippen molar-refractivity contribution in [1.82, 2.24) is 10.3 Å². The molecule has 0 saturated carbocycles. The van der Waals surface area contributed by atoms with E-state index in [-0.39, 0.29) is 28.5 Å². The zero-order valence-electron chi connectivity index (χ0n) is 12.0. The molecule has 0 aliphatic heterocycles. The maximum absolute atomic E-state index is 12.2. The summed E-state index contributed by atoms with van der Waals surface area (Å²) in [7, 11) is 0. The molecule has 9 heteroatoms. The van der Waals surface area contributed by atoms with Crippen LogP contribution < -0.4 is 11.1 Å². The van der Waals surface area contributed by atoms with E-state index in [2.05, 4.69) is 20.3 Å². The highest BCUT2D eigenvalue weighted by Gasteiger charge is 2.21. The number of aromatic nitrogens is 1. The van der Waals surface area contributed by atoms with Gasteiger partial charge in [0.1, 0.15) is 5.69 Å². The third-order valence-electron chi connectivity index (χ3n) is 2.68. The number of carboxylic acid groups (broad SMARTS) is 1. The number of aliphatic carboxylic acids is 1. The molecule has 0 aromatic carbocycles. The van der Waals surface area contributed by atoms with Gasteiger partial charge in [0.2, 0.25) is 6.61 Å². The Balaban J connectivity index is 2.91. The molecule has 0 aliphatic rings. The molecule has 0 fully saturated rings. The minimum Gasteiger partial charge on any atom is -0.479 e. The van der Waals surface area contributed by atoms with Crippen molar-refractivity contribution in [3.8, 4) is 0 Å². The van der Waals surface area contributed by atoms with Crippen molar-refractivity contribution in [3.63, 3.8) is 0 Å². The van der Waals surface area contributed by atoms with Gasteiger partial charge in [-0.15, -0.1) is 11.3 Å². The number of carbonyl (C=O) groups excluding carboxylic acids is 1. The first-order chi connectivity index (χ1) is 9.81. The lowest BCUT2D eigenvalue weighted by Crippen LogP contribution is -2.40. The van der Waals surface area contributed by atoms with E-state index < -0.39 is 18.5 Å². The Bertz CT molecular complexity index is 541. The monoisotopic (exact) mass is 314 g/mol. The van der Waals surface area contributed by atoms with E-state index in [1.54, 1.807) is 5.38 Å². The molecule has 1 atom stereocenters. The lowest BCUT2D eigenvalue weighted by Gasteiger charge is -2.17. The average molecular weight is 314 g/mol. The zero-order chi connectivity index (χ0) is 16.0. The van der Waals surface area contributed by atoms with Crippen LogP contribution >= 0.6 is 11.3 Å². The predicted octanol–water partition coefficient (Wildman–Crippen LogP) is 0.691. The normalized spacial score (nSPS) is 13.0. The fraction of sp³-hybridized carbons (Fsp3) is 0.500. The van der Waals surface area contributed by atoms with Gasteiger partial charge in [0.05, 0.1) is 0 Å². The van der Waals surface area contributed by atoms with Crippen LogP contribution in [0.4, 0.5) is 5.13 Å². The molecule has 1 unspecified atom stereocenters. The molecule has 1 aromatic rings. The number of anilines is 1. The predicted molar refractivity (Wildman–Crippen MR) is 79.1 cm³/mol. The van der Waals surface area contributed by atoms with Crippen LogP contribution in [0.3, 0.4) is 0 Å². The van der Waals surface area contributed by atoms with Gasteiger partial charge in [-0.05, 0) is 12.8 Å². The number of oxime groups is 1. The quantitative estimate of drug-likeness (QED) is 0.502. The second-order valence-electron chi connectivity index (χ2n) is 4.68. The van der Waals surface area contributed by atoms with Crippen molar-refractivity contribution in [3.05, 3.63) is 11.1 Å². The number of nitrogens with one attached hydrogen (secondary N) is 1. The Kier molecular flexibility index (Phi) is 6.10. The van der Waals surface area contributed by atoms with Crippen LogP contribution in [0.15, 0.2) is 10.5 Å². The standard InChI is InChI=1S/C12H18N4O4S/c1-6(2)7(3)14-11(19)10(16-20-4-9(17)18)8-5-21-12(13)15-8/h5-7H,4H2,1-3H3,(H2,13,15)(H,14,19)(H,17,18)/b16-10+. The van der Waals surface area contributed by atoms with Crippen LogP contribution in [0.2, 0.25) is 0 Å². The zero-order valence-corrected chi connectivity index (χ0v) is 12.8. The number of hydrogen-bond donors (Lipinski definition) is 3. The van der Waals surface area contributed by atoms with Crippen molar-refractivity contribution >= 4 is 34.1 Å². The Labute approximate surface area is 126 Å². The van der Waals surface area contributed by atoms with Gasteiger partial charge in [0, 0.05) is 11.4 Å². The van der Waals surface area contributed by atoms with E-state index in [1.807, 2.05) is 20.8 Å². The van der Waals surface area contributed by atoms with Crippen molar-refractivity contribution in [2.45, 2.75) is 26.8 Å². The Morgan fingerprint density at radius 3 is 2.67 bits per heavy atom. The number of amides is 1. The lowest BCUT2D eigenvalue weighted by molar-refractivity contribution is -0.142. The van der Waals surface area contributed by atoms with E-state index >= 15 is 0 Å². The molecule has 1 amide bonds. The maximum atomic E-state index is 12.2. The summed E-state index contributed by atoms with van der Waals surface area (Å²) in [5, 5.41) is 16.7. The van der Waals surface area contributed by atoms with Crippen molar-refractivity contribution in [2.75, 3.05) is 12.3 Å².